The number of rotatable bonds is 8. The van der Waals surface area contributed by atoms with Crippen LogP contribution in [0, 0.1) is 0 Å². The highest BCUT2D eigenvalue weighted by atomic mass is 16.5. The molecule has 0 amide bonds. The number of pyridine rings is 1. The zero-order valence-corrected chi connectivity index (χ0v) is 12.1. The SMILES string of the molecule is CCOCCN(C)CCOc1nn2ccccc2c1N. The molecule has 0 fully saturated rings. The highest BCUT2D eigenvalue weighted by molar-refractivity contribution is 5.74. The molecule has 0 saturated carbocycles. The second-order valence-electron chi connectivity index (χ2n) is 4.60. The predicted octanol–water partition coefficient (Wildman–Crippen LogP) is 1.26. The van der Waals surface area contributed by atoms with Crippen LogP contribution in [0.3, 0.4) is 0 Å². The Morgan fingerprint density at radius 2 is 2.10 bits per heavy atom. The number of nitrogens with zero attached hydrogens (tertiary/aromatic N) is 3. The molecule has 6 nitrogen and oxygen atoms in total. The molecule has 110 valence electrons. The molecular formula is C14H22N4O2. The molecule has 0 bridgehead atoms. The molecule has 2 aromatic rings. The number of likely N-dealkylation sites (N-methyl/N-ethyl adjacent to an activating group) is 1. The quantitative estimate of drug-likeness (QED) is 0.737. The first-order valence-electron chi connectivity index (χ1n) is 6.84. The van der Waals surface area contributed by atoms with E-state index >= 15 is 0 Å². The van der Waals surface area contributed by atoms with Gasteiger partial charge in [0.1, 0.15) is 12.3 Å². The third kappa shape index (κ3) is 3.61. The second-order valence-corrected chi connectivity index (χ2v) is 4.60. The predicted molar refractivity (Wildman–Crippen MR) is 79.1 cm³/mol. The molecule has 2 aromatic heterocycles. The minimum absolute atomic E-state index is 0.495. The first-order chi connectivity index (χ1) is 9.72. The zero-order valence-electron chi connectivity index (χ0n) is 12.1. The van der Waals surface area contributed by atoms with Crippen LogP contribution < -0.4 is 10.5 Å². The van der Waals surface area contributed by atoms with Gasteiger partial charge in [-0.15, -0.1) is 5.10 Å². The summed E-state index contributed by atoms with van der Waals surface area (Å²) < 4.78 is 12.7. The molecule has 2 rings (SSSR count). The van der Waals surface area contributed by atoms with Crippen molar-refractivity contribution in [1.82, 2.24) is 14.5 Å². The van der Waals surface area contributed by atoms with E-state index in [-0.39, 0.29) is 0 Å². The van der Waals surface area contributed by atoms with Crippen LogP contribution in [0.4, 0.5) is 5.69 Å². The van der Waals surface area contributed by atoms with Crippen LogP contribution in [0.5, 0.6) is 5.88 Å². The van der Waals surface area contributed by atoms with Crippen LogP contribution in [0.2, 0.25) is 0 Å². The van der Waals surface area contributed by atoms with E-state index in [0.717, 1.165) is 31.8 Å². The summed E-state index contributed by atoms with van der Waals surface area (Å²) in [5.74, 6) is 0.495. The number of anilines is 1. The molecule has 0 aromatic carbocycles. The van der Waals surface area contributed by atoms with Crippen LogP contribution in [0.15, 0.2) is 24.4 Å². The lowest BCUT2D eigenvalue weighted by atomic mass is 10.4. The molecule has 0 aliphatic heterocycles. The van der Waals surface area contributed by atoms with E-state index < -0.39 is 0 Å². The summed E-state index contributed by atoms with van der Waals surface area (Å²) in [5, 5.41) is 4.31. The fourth-order valence-electron chi connectivity index (χ4n) is 1.88. The van der Waals surface area contributed by atoms with Gasteiger partial charge in [0.25, 0.3) is 5.88 Å². The van der Waals surface area contributed by atoms with Gasteiger partial charge in [0.15, 0.2) is 0 Å². The molecule has 2 N–H and O–H groups in total. The molecule has 6 heteroatoms. The van der Waals surface area contributed by atoms with Crippen molar-refractivity contribution in [2.45, 2.75) is 6.92 Å². The minimum Gasteiger partial charge on any atom is -0.474 e. The average molecular weight is 278 g/mol. The number of ether oxygens (including phenoxy) is 2. The van der Waals surface area contributed by atoms with Crippen LogP contribution in [-0.4, -0.2) is 54.5 Å². The number of hydrogen-bond donors (Lipinski definition) is 1. The van der Waals surface area contributed by atoms with Crippen molar-refractivity contribution >= 4 is 11.2 Å². The molecule has 0 unspecified atom stereocenters. The van der Waals surface area contributed by atoms with Gasteiger partial charge in [-0.25, -0.2) is 4.52 Å². The fourth-order valence-corrected chi connectivity index (χ4v) is 1.88. The topological polar surface area (TPSA) is 65.0 Å². The zero-order chi connectivity index (χ0) is 14.4. The number of nitrogens with two attached hydrogens (primary N) is 1. The van der Waals surface area contributed by atoms with Gasteiger partial charge in [0, 0.05) is 25.9 Å². The van der Waals surface area contributed by atoms with E-state index in [1.807, 2.05) is 38.4 Å². The van der Waals surface area contributed by atoms with E-state index in [9.17, 15) is 0 Å². The third-order valence-corrected chi connectivity index (χ3v) is 3.08. The maximum Gasteiger partial charge on any atom is 0.257 e. The Balaban J connectivity index is 1.82. The maximum atomic E-state index is 6.01. The summed E-state index contributed by atoms with van der Waals surface area (Å²) in [4.78, 5) is 2.15. The van der Waals surface area contributed by atoms with Gasteiger partial charge >= 0.3 is 0 Å². The molecule has 0 saturated heterocycles. The normalized spacial score (nSPS) is 11.3. The number of hydrogen-bond acceptors (Lipinski definition) is 5. The number of nitrogen functional groups attached to an aromatic ring is 1. The fraction of sp³-hybridized carbons (Fsp3) is 0.500. The van der Waals surface area contributed by atoms with E-state index in [2.05, 4.69) is 10.00 Å². The molecule has 20 heavy (non-hydrogen) atoms. The summed E-state index contributed by atoms with van der Waals surface area (Å²) >= 11 is 0. The number of aromatic nitrogens is 2. The van der Waals surface area contributed by atoms with Crippen molar-refractivity contribution < 1.29 is 9.47 Å². The van der Waals surface area contributed by atoms with Crippen LogP contribution in [0.25, 0.3) is 5.52 Å². The summed E-state index contributed by atoms with van der Waals surface area (Å²) in [6.45, 7) is 5.73. The Morgan fingerprint density at radius 1 is 1.30 bits per heavy atom. The Morgan fingerprint density at radius 3 is 2.85 bits per heavy atom. The van der Waals surface area contributed by atoms with Gasteiger partial charge in [-0.3, -0.25) is 0 Å². The van der Waals surface area contributed by atoms with E-state index in [1.165, 1.54) is 0 Å². The van der Waals surface area contributed by atoms with Gasteiger partial charge in [0.05, 0.1) is 12.1 Å². The van der Waals surface area contributed by atoms with E-state index in [1.54, 1.807) is 4.52 Å². The summed E-state index contributed by atoms with van der Waals surface area (Å²) in [6.07, 6.45) is 1.85. The first-order valence-corrected chi connectivity index (χ1v) is 6.84. The van der Waals surface area contributed by atoms with Gasteiger partial charge in [0.2, 0.25) is 0 Å². The Kier molecular flexibility index (Phi) is 5.20. The van der Waals surface area contributed by atoms with Crippen molar-refractivity contribution in [1.29, 1.82) is 0 Å². The Labute approximate surface area is 119 Å². The Bertz CT molecular complexity index is 541. The molecular weight excluding hydrogens is 256 g/mol. The molecule has 0 spiro atoms. The Hall–Kier alpha value is -1.79. The second kappa shape index (κ2) is 7.12. The maximum absolute atomic E-state index is 6.01. The van der Waals surface area contributed by atoms with E-state index in [4.69, 9.17) is 15.2 Å². The van der Waals surface area contributed by atoms with Crippen LogP contribution in [-0.2, 0) is 4.74 Å². The third-order valence-electron chi connectivity index (χ3n) is 3.08. The van der Waals surface area contributed by atoms with Gasteiger partial charge in [-0.1, -0.05) is 6.07 Å². The lowest BCUT2D eigenvalue weighted by Crippen LogP contribution is -2.28. The van der Waals surface area contributed by atoms with Crippen LogP contribution in [0.1, 0.15) is 6.92 Å². The highest BCUT2D eigenvalue weighted by Crippen LogP contribution is 2.24. The monoisotopic (exact) mass is 278 g/mol. The molecule has 0 aliphatic rings. The standard InChI is InChI=1S/C14H22N4O2/c1-3-19-10-8-17(2)9-11-20-14-13(15)12-6-4-5-7-18(12)16-14/h4-7H,3,8-11,15H2,1-2H3. The summed E-state index contributed by atoms with van der Waals surface area (Å²) in [6, 6.07) is 5.76. The lowest BCUT2D eigenvalue weighted by molar-refractivity contribution is 0.116. The van der Waals surface area contributed by atoms with Gasteiger partial charge < -0.3 is 20.1 Å². The van der Waals surface area contributed by atoms with Crippen molar-refractivity contribution in [3.63, 3.8) is 0 Å². The van der Waals surface area contributed by atoms with Crippen molar-refractivity contribution in [2.24, 2.45) is 0 Å². The molecule has 0 aliphatic carbocycles. The van der Waals surface area contributed by atoms with Crippen LogP contribution >= 0.6 is 0 Å². The highest BCUT2D eigenvalue weighted by Gasteiger charge is 2.10. The average Bonchev–Trinajstić information content (AvgIpc) is 2.77. The summed E-state index contributed by atoms with van der Waals surface area (Å²) in [7, 11) is 2.04. The van der Waals surface area contributed by atoms with Crippen molar-refractivity contribution in [3.05, 3.63) is 24.4 Å². The smallest absolute Gasteiger partial charge is 0.257 e. The minimum atomic E-state index is 0.495. The molecule has 2 heterocycles. The van der Waals surface area contributed by atoms with Gasteiger partial charge in [-0.2, -0.15) is 0 Å². The first kappa shape index (κ1) is 14.6. The largest absolute Gasteiger partial charge is 0.474 e. The molecule has 0 atom stereocenters. The number of fused-ring (bicyclic) bond motifs is 1. The van der Waals surface area contributed by atoms with E-state index in [0.29, 0.717) is 18.2 Å². The van der Waals surface area contributed by atoms with Crippen molar-refractivity contribution in [2.75, 3.05) is 45.7 Å². The lowest BCUT2D eigenvalue weighted by Gasteiger charge is -2.16. The van der Waals surface area contributed by atoms with Gasteiger partial charge in [-0.05, 0) is 26.1 Å². The van der Waals surface area contributed by atoms with Crippen molar-refractivity contribution in [3.8, 4) is 5.88 Å². The molecule has 0 radical (unpaired) electrons. The summed E-state index contributed by atoms with van der Waals surface area (Å²) in [5.41, 5.74) is 7.47.